The van der Waals surface area contributed by atoms with Crippen molar-refractivity contribution in [1.82, 2.24) is 24.4 Å². The van der Waals surface area contributed by atoms with Crippen LogP contribution in [0.2, 0.25) is 0 Å². The number of hydrogen-bond acceptors (Lipinski definition) is 5. The minimum atomic E-state index is -3.26. The summed E-state index contributed by atoms with van der Waals surface area (Å²) in [5, 5.41) is 8.14. The molecule has 154 valence electrons. The molecule has 1 N–H and O–H groups in total. The quantitative estimate of drug-likeness (QED) is 0.675. The number of rotatable bonds is 8. The molecule has 0 atom stereocenters. The fraction of sp³-hybridized carbons (Fsp3) is 0.632. The number of carbonyl (C=O) groups excluding carboxylic acids is 1. The van der Waals surface area contributed by atoms with E-state index in [0.29, 0.717) is 31.0 Å². The second-order valence-electron chi connectivity index (χ2n) is 7.85. The van der Waals surface area contributed by atoms with Gasteiger partial charge in [0.2, 0.25) is 10.0 Å². The van der Waals surface area contributed by atoms with Crippen LogP contribution < -0.4 is 5.32 Å². The van der Waals surface area contributed by atoms with Gasteiger partial charge in [-0.1, -0.05) is 0 Å². The van der Waals surface area contributed by atoms with Gasteiger partial charge in [0.05, 0.1) is 22.9 Å². The first-order chi connectivity index (χ1) is 13.1. The zero-order valence-electron chi connectivity index (χ0n) is 17.2. The maximum absolute atomic E-state index is 12.9. The van der Waals surface area contributed by atoms with Crippen molar-refractivity contribution >= 4 is 27.0 Å². The summed E-state index contributed by atoms with van der Waals surface area (Å²) in [6.07, 6.45) is 3.97. The third-order valence-electron chi connectivity index (χ3n) is 5.07. The molecule has 0 unspecified atom stereocenters. The molecule has 0 saturated heterocycles. The number of pyridine rings is 1. The monoisotopic (exact) mass is 407 g/mol. The van der Waals surface area contributed by atoms with Crippen molar-refractivity contribution in [3.8, 4) is 0 Å². The minimum Gasteiger partial charge on any atom is -0.352 e. The second-order valence-corrected chi connectivity index (χ2v) is 9.79. The molecule has 1 aliphatic carbocycles. The molecular weight excluding hydrogens is 378 g/mol. The van der Waals surface area contributed by atoms with E-state index in [2.05, 4.69) is 10.4 Å². The molecule has 2 aromatic heterocycles. The molecule has 1 saturated carbocycles. The van der Waals surface area contributed by atoms with E-state index in [9.17, 15) is 13.2 Å². The molecule has 1 amide bonds. The lowest BCUT2D eigenvalue weighted by atomic mass is 10.1. The molecule has 28 heavy (non-hydrogen) atoms. The molecule has 0 bridgehead atoms. The molecule has 0 radical (unpaired) electrons. The Balaban J connectivity index is 1.73. The highest BCUT2D eigenvalue weighted by atomic mass is 32.2. The van der Waals surface area contributed by atoms with Crippen LogP contribution in [0.5, 0.6) is 0 Å². The van der Waals surface area contributed by atoms with E-state index in [1.54, 1.807) is 4.68 Å². The third kappa shape index (κ3) is 4.35. The summed E-state index contributed by atoms with van der Waals surface area (Å²) < 4.78 is 26.8. The molecule has 2 heterocycles. The van der Waals surface area contributed by atoms with Crippen molar-refractivity contribution in [3.05, 3.63) is 23.0 Å². The van der Waals surface area contributed by atoms with Gasteiger partial charge >= 0.3 is 0 Å². The Kier molecular flexibility index (Phi) is 5.77. The zero-order chi connectivity index (χ0) is 20.6. The lowest BCUT2D eigenvalue weighted by molar-refractivity contribution is 0.0954. The Labute approximate surface area is 166 Å². The van der Waals surface area contributed by atoms with Gasteiger partial charge in [-0.05, 0) is 46.1 Å². The van der Waals surface area contributed by atoms with E-state index in [-0.39, 0.29) is 11.9 Å². The molecular formula is C19H29N5O3S. The van der Waals surface area contributed by atoms with Crippen LogP contribution >= 0.6 is 0 Å². The van der Waals surface area contributed by atoms with Crippen molar-refractivity contribution in [2.45, 2.75) is 52.0 Å². The largest absolute Gasteiger partial charge is 0.352 e. The average Bonchev–Trinajstić information content (AvgIpc) is 3.39. The SMILES string of the molecule is Cc1nn(C)c2nc(C3CC3)cc(C(=O)NCCCN(C(C)C)S(C)(=O)=O)c12. The lowest BCUT2D eigenvalue weighted by Crippen LogP contribution is -2.38. The number of aromatic nitrogens is 3. The van der Waals surface area contributed by atoms with Gasteiger partial charge in [0.1, 0.15) is 0 Å². The Morgan fingerprint density at radius 2 is 2.07 bits per heavy atom. The first kappa shape index (κ1) is 20.7. The van der Waals surface area contributed by atoms with E-state index >= 15 is 0 Å². The predicted octanol–water partition coefficient (Wildman–Crippen LogP) is 1.94. The van der Waals surface area contributed by atoms with Crippen LogP contribution in [-0.2, 0) is 17.1 Å². The molecule has 1 aliphatic rings. The van der Waals surface area contributed by atoms with Gasteiger partial charge in [0.15, 0.2) is 5.65 Å². The highest BCUT2D eigenvalue weighted by Crippen LogP contribution is 2.40. The normalized spacial score (nSPS) is 15.0. The Morgan fingerprint density at radius 1 is 1.39 bits per heavy atom. The van der Waals surface area contributed by atoms with Crippen LogP contribution in [0.25, 0.3) is 11.0 Å². The fourth-order valence-corrected chi connectivity index (χ4v) is 4.80. The summed E-state index contributed by atoms with van der Waals surface area (Å²) in [5.74, 6) is 0.265. The molecule has 0 spiro atoms. The van der Waals surface area contributed by atoms with Gasteiger partial charge in [-0.2, -0.15) is 9.40 Å². The third-order valence-corrected chi connectivity index (χ3v) is 6.53. The van der Waals surface area contributed by atoms with Gasteiger partial charge in [-0.3, -0.25) is 9.48 Å². The molecule has 9 heteroatoms. The molecule has 8 nitrogen and oxygen atoms in total. The van der Waals surface area contributed by atoms with Crippen LogP contribution in [0.4, 0.5) is 0 Å². The molecule has 2 aromatic rings. The van der Waals surface area contributed by atoms with E-state index in [1.165, 1.54) is 10.6 Å². The summed E-state index contributed by atoms with van der Waals surface area (Å²) in [4.78, 5) is 17.6. The van der Waals surface area contributed by atoms with Crippen molar-refractivity contribution in [3.63, 3.8) is 0 Å². The average molecular weight is 408 g/mol. The van der Waals surface area contributed by atoms with Crippen molar-refractivity contribution in [2.75, 3.05) is 19.3 Å². The summed E-state index contributed by atoms with van der Waals surface area (Å²) in [6.45, 7) is 6.35. The molecule has 0 aliphatic heterocycles. The number of aryl methyl sites for hydroxylation is 2. The maximum Gasteiger partial charge on any atom is 0.252 e. The van der Waals surface area contributed by atoms with Gasteiger partial charge in [0.25, 0.3) is 5.91 Å². The number of nitrogens with zero attached hydrogens (tertiary/aromatic N) is 4. The molecule has 3 rings (SSSR count). The van der Waals surface area contributed by atoms with Crippen LogP contribution in [0.15, 0.2) is 6.07 Å². The smallest absolute Gasteiger partial charge is 0.252 e. The highest BCUT2D eigenvalue weighted by Gasteiger charge is 2.28. The Hall–Kier alpha value is -2.00. The number of amides is 1. The van der Waals surface area contributed by atoms with Gasteiger partial charge < -0.3 is 5.32 Å². The lowest BCUT2D eigenvalue weighted by Gasteiger charge is -2.23. The standard InChI is InChI=1S/C19H29N5O3S/c1-12(2)24(28(5,26)27)10-6-9-20-19(25)15-11-16(14-7-8-14)21-18-17(15)13(3)22-23(18)4/h11-12,14H,6-10H2,1-5H3,(H,20,25). The van der Waals surface area contributed by atoms with Crippen molar-refractivity contribution in [2.24, 2.45) is 7.05 Å². The molecule has 1 fully saturated rings. The second kappa shape index (κ2) is 7.79. The predicted molar refractivity (Wildman–Crippen MR) is 109 cm³/mol. The van der Waals surface area contributed by atoms with Gasteiger partial charge in [-0.25, -0.2) is 13.4 Å². The zero-order valence-corrected chi connectivity index (χ0v) is 18.0. The van der Waals surface area contributed by atoms with E-state index in [0.717, 1.165) is 35.3 Å². The van der Waals surface area contributed by atoms with Crippen LogP contribution in [0.3, 0.4) is 0 Å². The summed E-state index contributed by atoms with van der Waals surface area (Å²) in [6, 6.07) is 1.78. The maximum atomic E-state index is 12.9. The number of carbonyl (C=O) groups is 1. The van der Waals surface area contributed by atoms with Crippen LogP contribution in [0.1, 0.15) is 60.8 Å². The first-order valence-corrected chi connectivity index (χ1v) is 11.5. The highest BCUT2D eigenvalue weighted by molar-refractivity contribution is 7.88. The number of fused-ring (bicyclic) bond motifs is 1. The summed E-state index contributed by atoms with van der Waals surface area (Å²) >= 11 is 0. The number of nitrogens with one attached hydrogen (secondary N) is 1. The number of sulfonamides is 1. The Bertz CT molecular complexity index is 993. The van der Waals surface area contributed by atoms with E-state index < -0.39 is 10.0 Å². The van der Waals surface area contributed by atoms with E-state index in [1.807, 2.05) is 33.9 Å². The molecule has 0 aromatic carbocycles. The van der Waals surface area contributed by atoms with Gasteiger partial charge in [0, 0.05) is 37.8 Å². The summed E-state index contributed by atoms with van der Waals surface area (Å²) in [5.41, 5.74) is 3.06. The summed E-state index contributed by atoms with van der Waals surface area (Å²) in [7, 11) is -1.42. The van der Waals surface area contributed by atoms with Gasteiger partial charge in [-0.15, -0.1) is 0 Å². The van der Waals surface area contributed by atoms with Crippen LogP contribution in [-0.4, -0.2) is 58.8 Å². The topological polar surface area (TPSA) is 97.2 Å². The van der Waals surface area contributed by atoms with Crippen LogP contribution in [0, 0.1) is 6.92 Å². The number of hydrogen-bond donors (Lipinski definition) is 1. The van der Waals surface area contributed by atoms with Crippen molar-refractivity contribution in [1.29, 1.82) is 0 Å². The first-order valence-electron chi connectivity index (χ1n) is 9.69. The minimum absolute atomic E-state index is 0.107. The Morgan fingerprint density at radius 3 is 2.64 bits per heavy atom. The fourth-order valence-electron chi connectivity index (χ4n) is 3.57. The van der Waals surface area contributed by atoms with E-state index in [4.69, 9.17) is 4.98 Å². The van der Waals surface area contributed by atoms with Crippen molar-refractivity contribution < 1.29 is 13.2 Å².